The number of carbonyl (C=O) groups is 1. The first kappa shape index (κ1) is 23.6. The van der Waals surface area contributed by atoms with Crippen LogP contribution in [-0.2, 0) is 19.6 Å². The summed E-state index contributed by atoms with van der Waals surface area (Å²) in [6, 6.07) is 10.7. The lowest BCUT2D eigenvalue weighted by Gasteiger charge is -2.26. The Hall–Kier alpha value is -2.07. The lowest BCUT2D eigenvalue weighted by Crippen LogP contribution is -2.40. The number of thioether (sulfide) groups is 1. The first-order valence-electron chi connectivity index (χ1n) is 10.2. The Bertz CT molecular complexity index is 1030. The van der Waals surface area contributed by atoms with Gasteiger partial charge in [0.15, 0.2) is 0 Å². The molecule has 7 nitrogen and oxygen atoms in total. The van der Waals surface area contributed by atoms with E-state index in [1.807, 2.05) is 32.9 Å². The third kappa shape index (κ3) is 6.00. The summed E-state index contributed by atoms with van der Waals surface area (Å²) in [5.41, 5.74) is 2.64. The standard InChI is InChI=1S/C22H28N2O5S2/c1-4-29-20-7-6-18(31(26,27)24-9-11-28-12-10-24)14-19(20)23-22(25)15-30-21-8-5-16(2)13-17(21)3/h5-8,13-14H,4,9-12,15H2,1-3H3,(H,23,25). The van der Waals surface area contributed by atoms with Gasteiger partial charge in [0, 0.05) is 18.0 Å². The number of hydrogen-bond donors (Lipinski definition) is 1. The molecule has 0 bridgehead atoms. The number of aryl methyl sites for hydroxylation is 2. The minimum Gasteiger partial charge on any atom is -0.492 e. The molecule has 0 saturated carbocycles. The Labute approximate surface area is 188 Å². The third-order valence-electron chi connectivity index (χ3n) is 4.82. The highest BCUT2D eigenvalue weighted by molar-refractivity contribution is 8.00. The van der Waals surface area contributed by atoms with Gasteiger partial charge in [0.1, 0.15) is 5.75 Å². The van der Waals surface area contributed by atoms with E-state index in [0.29, 0.717) is 44.3 Å². The first-order valence-corrected chi connectivity index (χ1v) is 12.6. The van der Waals surface area contributed by atoms with Crippen LogP contribution in [0.15, 0.2) is 46.2 Å². The van der Waals surface area contributed by atoms with E-state index in [1.165, 1.54) is 33.8 Å². The summed E-state index contributed by atoms with van der Waals surface area (Å²) in [5, 5.41) is 2.82. The van der Waals surface area contributed by atoms with Crippen molar-refractivity contribution < 1.29 is 22.7 Å². The second-order valence-electron chi connectivity index (χ2n) is 7.21. The van der Waals surface area contributed by atoms with Gasteiger partial charge in [-0.25, -0.2) is 8.42 Å². The zero-order chi connectivity index (χ0) is 22.4. The van der Waals surface area contributed by atoms with E-state index in [4.69, 9.17) is 9.47 Å². The Morgan fingerprint density at radius 2 is 1.90 bits per heavy atom. The van der Waals surface area contributed by atoms with Crippen LogP contribution in [0.4, 0.5) is 5.69 Å². The molecule has 1 amide bonds. The number of amides is 1. The topological polar surface area (TPSA) is 84.9 Å². The maximum atomic E-state index is 13.0. The third-order valence-corrected chi connectivity index (χ3v) is 7.89. The van der Waals surface area contributed by atoms with Crippen LogP contribution in [0.25, 0.3) is 0 Å². The van der Waals surface area contributed by atoms with E-state index in [9.17, 15) is 13.2 Å². The van der Waals surface area contributed by atoms with E-state index in [2.05, 4.69) is 11.4 Å². The molecule has 3 rings (SSSR count). The number of benzene rings is 2. The largest absolute Gasteiger partial charge is 0.492 e. The fourth-order valence-electron chi connectivity index (χ4n) is 3.28. The number of sulfonamides is 1. The average molecular weight is 465 g/mol. The molecule has 0 aliphatic carbocycles. The van der Waals surface area contributed by atoms with Crippen molar-refractivity contribution in [3.63, 3.8) is 0 Å². The van der Waals surface area contributed by atoms with Gasteiger partial charge in [-0.3, -0.25) is 4.79 Å². The lowest BCUT2D eigenvalue weighted by molar-refractivity contribution is -0.113. The summed E-state index contributed by atoms with van der Waals surface area (Å²) in [7, 11) is -3.68. The zero-order valence-corrected chi connectivity index (χ0v) is 19.6. The van der Waals surface area contributed by atoms with Crippen molar-refractivity contribution in [1.82, 2.24) is 4.31 Å². The number of ether oxygens (including phenoxy) is 2. The van der Waals surface area contributed by atoms with E-state index in [1.54, 1.807) is 6.07 Å². The molecule has 1 heterocycles. The molecule has 2 aromatic rings. The predicted octanol–water partition coefficient (Wildman–Crippen LogP) is 3.45. The summed E-state index contributed by atoms with van der Waals surface area (Å²) in [6.07, 6.45) is 0. The number of carbonyl (C=O) groups excluding carboxylic acids is 1. The molecule has 1 fully saturated rings. The van der Waals surface area contributed by atoms with Crippen molar-refractivity contribution in [3.05, 3.63) is 47.5 Å². The minimum absolute atomic E-state index is 0.121. The van der Waals surface area contributed by atoms with Crippen LogP contribution in [0.3, 0.4) is 0 Å². The van der Waals surface area contributed by atoms with Crippen molar-refractivity contribution in [3.8, 4) is 5.75 Å². The average Bonchev–Trinajstić information content (AvgIpc) is 2.75. The Balaban J connectivity index is 1.76. The molecule has 2 aromatic carbocycles. The van der Waals surface area contributed by atoms with Crippen molar-refractivity contribution >= 4 is 33.4 Å². The van der Waals surface area contributed by atoms with Crippen LogP contribution >= 0.6 is 11.8 Å². The number of rotatable bonds is 8. The lowest BCUT2D eigenvalue weighted by atomic mass is 10.2. The molecule has 1 aliphatic rings. The number of nitrogens with one attached hydrogen (secondary N) is 1. The van der Waals surface area contributed by atoms with Gasteiger partial charge in [-0.15, -0.1) is 11.8 Å². The summed E-state index contributed by atoms with van der Waals surface area (Å²) < 4.78 is 38.2. The molecule has 0 unspecified atom stereocenters. The predicted molar refractivity (Wildman–Crippen MR) is 122 cm³/mol. The SMILES string of the molecule is CCOc1ccc(S(=O)(=O)N2CCOCC2)cc1NC(=O)CSc1ccc(C)cc1C. The van der Waals surface area contributed by atoms with E-state index < -0.39 is 10.0 Å². The molecular formula is C22H28N2O5S2. The molecule has 0 radical (unpaired) electrons. The van der Waals surface area contributed by atoms with E-state index in [-0.39, 0.29) is 16.6 Å². The molecule has 168 valence electrons. The molecule has 0 aromatic heterocycles. The fourth-order valence-corrected chi connectivity index (χ4v) is 5.52. The monoisotopic (exact) mass is 464 g/mol. The Morgan fingerprint density at radius 3 is 2.58 bits per heavy atom. The van der Waals surface area contributed by atoms with Gasteiger partial charge in [0.25, 0.3) is 0 Å². The van der Waals surface area contributed by atoms with E-state index >= 15 is 0 Å². The van der Waals surface area contributed by atoms with Crippen molar-refractivity contribution in [2.24, 2.45) is 0 Å². The summed E-state index contributed by atoms with van der Waals surface area (Å²) in [6.45, 7) is 7.63. The van der Waals surface area contributed by atoms with Crippen LogP contribution < -0.4 is 10.1 Å². The Morgan fingerprint density at radius 1 is 1.16 bits per heavy atom. The second kappa shape index (κ2) is 10.5. The van der Waals surface area contributed by atoms with Crippen LogP contribution in [0.1, 0.15) is 18.1 Å². The van der Waals surface area contributed by atoms with Gasteiger partial charge < -0.3 is 14.8 Å². The highest BCUT2D eigenvalue weighted by Crippen LogP contribution is 2.30. The number of morpholine rings is 1. The maximum absolute atomic E-state index is 13.0. The highest BCUT2D eigenvalue weighted by Gasteiger charge is 2.27. The highest BCUT2D eigenvalue weighted by atomic mass is 32.2. The first-order chi connectivity index (χ1) is 14.8. The van der Waals surface area contributed by atoms with Crippen LogP contribution in [0, 0.1) is 13.8 Å². The molecule has 1 N–H and O–H groups in total. The summed E-state index contributed by atoms with van der Waals surface area (Å²) in [5.74, 6) is 0.413. The smallest absolute Gasteiger partial charge is 0.243 e. The molecule has 0 atom stereocenters. The molecule has 31 heavy (non-hydrogen) atoms. The van der Waals surface area contributed by atoms with E-state index in [0.717, 1.165) is 10.5 Å². The molecule has 1 saturated heterocycles. The van der Waals surface area contributed by atoms with Crippen LogP contribution in [0.2, 0.25) is 0 Å². The number of nitrogens with zero attached hydrogens (tertiary/aromatic N) is 1. The van der Waals surface area contributed by atoms with Crippen LogP contribution in [0.5, 0.6) is 5.75 Å². The summed E-state index contributed by atoms with van der Waals surface area (Å²) >= 11 is 1.44. The Kier molecular flexibility index (Phi) is 7.99. The van der Waals surface area contributed by atoms with Crippen molar-refractivity contribution in [2.75, 3.05) is 44.0 Å². The minimum atomic E-state index is -3.68. The maximum Gasteiger partial charge on any atom is 0.243 e. The van der Waals surface area contributed by atoms with Crippen molar-refractivity contribution in [1.29, 1.82) is 0 Å². The zero-order valence-electron chi connectivity index (χ0n) is 18.0. The van der Waals surface area contributed by atoms with Gasteiger partial charge in [-0.05, 0) is 50.6 Å². The van der Waals surface area contributed by atoms with Gasteiger partial charge in [0.2, 0.25) is 15.9 Å². The molecule has 9 heteroatoms. The number of anilines is 1. The quantitative estimate of drug-likeness (QED) is 0.603. The molecule has 1 aliphatic heterocycles. The van der Waals surface area contributed by atoms with Gasteiger partial charge in [-0.2, -0.15) is 4.31 Å². The molecular weight excluding hydrogens is 436 g/mol. The second-order valence-corrected chi connectivity index (χ2v) is 10.2. The molecule has 0 spiro atoms. The fraction of sp³-hybridized carbons (Fsp3) is 0.409. The van der Waals surface area contributed by atoms with Gasteiger partial charge >= 0.3 is 0 Å². The normalized spacial score (nSPS) is 14.9. The summed E-state index contributed by atoms with van der Waals surface area (Å²) in [4.78, 5) is 13.8. The van der Waals surface area contributed by atoms with Gasteiger partial charge in [-0.1, -0.05) is 17.7 Å². The van der Waals surface area contributed by atoms with Gasteiger partial charge in [0.05, 0.1) is 36.2 Å². The van der Waals surface area contributed by atoms with Crippen LogP contribution in [-0.4, -0.2) is 57.3 Å². The van der Waals surface area contributed by atoms with Crippen molar-refractivity contribution in [2.45, 2.75) is 30.6 Å². The number of hydrogen-bond acceptors (Lipinski definition) is 6.